The van der Waals surface area contributed by atoms with Crippen LogP contribution in [0.4, 0.5) is 8.78 Å². The van der Waals surface area contributed by atoms with Crippen LogP contribution in [0, 0.1) is 25.2 Å². The molecule has 5 nitrogen and oxygen atoms in total. The van der Waals surface area contributed by atoms with Crippen molar-refractivity contribution in [1.29, 1.82) is 5.26 Å². The zero-order valence-electron chi connectivity index (χ0n) is 15.0. The number of allylic oxidation sites excluding steroid dienone is 1. The van der Waals surface area contributed by atoms with Gasteiger partial charge in [0, 0.05) is 0 Å². The van der Waals surface area contributed by atoms with Gasteiger partial charge >= 0.3 is 6.61 Å². The molecule has 0 saturated carbocycles. The summed E-state index contributed by atoms with van der Waals surface area (Å²) < 4.78 is 34.4. The highest BCUT2D eigenvalue weighted by Crippen LogP contribution is 2.31. The number of rotatable bonds is 5. The highest BCUT2D eigenvalue weighted by Gasteiger charge is 2.13. The molecule has 1 heterocycles. The van der Waals surface area contributed by atoms with Crippen molar-refractivity contribution < 1.29 is 18.3 Å². The number of hydrogen-bond donors (Lipinski definition) is 1. The number of fused-ring (bicyclic) bond motifs is 1. The molecular formula is C20H17F2N3O2. The lowest BCUT2D eigenvalue weighted by Crippen LogP contribution is -2.03. The molecule has 0 radical (unpaired) electrons. The van der Waals surface area contributed by atoms with Crippen LogP contribution in [0.5, 0.6) is 11.5 Å². The van der Waals surface area contributed by atoms with Crippen LogP contribution in [0.1, 0.15) is 22.5 Å². The maximum atomic E-state index is 12.4. The molecule has 0 spiro atoms. The van der Waals surface area contributed by atoms with Crippen molar-refractivity contribution in [1.82, 2.24) is 9.97 Å². The number of aromatic amines is 1. The Kier molecular flexibility index (Phi) is 5.08. The van der Waals surface area contributed by atoms with Crippen LogP contribution >= 0.6 is 0 Å². The van der Waals surface area contributed by atoms with Crippen molar-refractivity contribution >= 4 is 22.7 Å². The first-order chi connectivity index (χ1) is 12.9. The molecule has 27 heavy (non-hydrogen) atoms. The molecule has 138 valence electrons. The molecule has 1 aromatic heterocycles. The van der Waals surface area contributed by atoms with Crippen LogP contribution in [0.2, 0.25) is 0 Å². The zero-order valence-corrected chi connectivity index (χ0v) is 15.0. The Morgan fingerprint density at radius 3 is 2.59 bits per heavy atom. The minimum absolute atomic E-state index is 0.0714. The third-order valence-corrected chi connectivity index (χ3v) is 4.19. The number of aryl methyl sites for hydroxylation is 2. The van der Waals surface area contributed by atoms with Gasteiger partial charge in [-0.1, -0.05) is 6.07 Å². The number of methoxy groups -OCH3 is 1. The summed E-state index contributed by atoms with van der Waals surface area (Å²) in [5, 5.41) is 9.54. The van der Waals surface area contributed by atoms with Crippen molar-refractivity contribution in [2.24, 2.45) is 0 Å². The quantitative estimate of drug-likeness (QED) is 0.653. The average molecular weight is 369 g/mol. The molecular weight excluding hydrogens is 352 g/mol. The molecule has 0 aliphatic carbocycles. The van der Waals surface area contributed by atoms with E-state index in [1.165, 1.54) is 19.2 Å². The summed E-state index contributed by atoms with van der Waals surface area (Å²) in [6.45, 7) is 1.06. The number of nitrogens with one attached hydrogen (secondary N) is 1. The topological polar surface area (TPSA) is 70.9 Å². The summed E-state index contributed by atoms with van der Waals surface area (Å²) in [5.74, 6) is 0.513. The van der Waals surface area contributed by atoms with Crippen molar-refractivity contribution in [3.63, 3.8) is 0 Å². The molecule has 0 atom stereocenters. The molecule has 7 heteroatoms. The lowest BCUT2D eigenvalue weighted by molar-refractivity contribution is -0.0512. The Hall–Kier alpha value is -3.40. The number of aromatic nitrogens is 2. The van der Waals surface area contributed by atoms with E-state index in [9.17, 15) is 14.0 Å². The number of alkyl halides is 2. The van der Waals surface area contributed by atoms with Gasteiger partial charge in [-0.15, -0.1) is 0 Å². The van der Waals surface area contributed by atoms with Gasteiger partial charge in [0.25, 0.3) is 0 Å². The number of halogens is 2. The highest BCUT2D eigenvalue weighted by atomic mass is 19.3. The Morgan fingerprint density at radius 2 is 1.93 bits per heavy atom. The average Bonchev–Trinajstić information content (AvgIpc) is 3.03. The van der Waals surface area contributed by atoms with E-state index in [2.05, 4.69) is 20.8 Å². The Morgan fingerprint density at radius 1 is 1.19 bits per heavy atom. The fourth-order valence-electron chi connectivity index (χ4n) is 2.68. The van der Waals surface area contributed by atoms with Gasteiger partial charge in [-0.05, 0) is 60.9 Å². The smallest absolute Gasteiger partial charge is 0.387 e. The second kappa shape index (κ2) is 7.46. The third-order valence-electron chi connectivity index (χ3n) is 4.19. The largest absolute Gasteiger partial charge is 0.493 e. The molecule has 3 aromatic rings. The molecule has 0 aliphatic heterocycles. The van der Waals surface area contributed by atoms with E-state index in [1.54, 1.807) is 12.1 Å². The summed E-state index contributed by atoms with van der Waals surface area (Å²) in [6.07, 6.45) is 1.60. The number of ether oxygens (including phenoxy) is 2. The fourth-order valence-corrected chi connectivity index (χ4v) is 2.68. The SMILES string of the molecule is COc1cc(C=C(C#N)c2nc3cc(C)c(C)cc3[nH]2)ccc1OC(F)F. The van der Waals surface area contributed by atoms with Gasteiger partial charge in [0.15, 0.2) is 11.5 Å². The van der Waals surface area contributed by atoms with Gasteiger partial charge in [-0.2, -0.15) is 14.0 Å². The van der Waals surface area contributed by atoms with Crippen LogP contribution in [-0.4, -0.2) is 23.7 Å². The minimum atomic E-state index is -2.95. The van der Waals surface area contributed by atoms with Crippen LogP contribution in [0.3, 0.4) is 0 Å². The lowest BCUT2D eigenvalue weighted by atomic mass is 10.1. The number of hydrogen-bond acceptors (Lipinski definition) is 4. The standard InChI is InChI=1S/C20H17F2N3O2/c1-11-6-15-16(7-12(11)2)25-19(24-15)14(10-23)8-13-4-5-17(27-20(21)22)18(9-13)26-3/h4-9,20H,1-3H3,(H,24,25). The minimum Gasteiger partial charge on any atom is -0.493 e. The monoisotopic (exact) mass is 369 g/mol. The molecule has 0 amide bonds. The van der Waals surface area contributed by atoms with Crippen LogP contribution < -0.4 is 9.47 Å². The maximum absolute atomic E-state index is 12.4. The Labute approximate surface area is 154 Å². The number of imidazole rings is 1. The van der Waals surface area contributed by atoms with E-state index >= 15 is 0 Å². The van der Waals surface area contributed by atoms with Crippen LogP contribution in [0.15, 0.2) is 30.3 Å². The number of nitriles is 1. The third kappa shape index (κ3) is 3.90. The summed E-state index contributed by atoms with van der Waals surface area (Å²) in [6, 6.07) is 10.5. The van der Waals surface area contributed by atoms with E-state index in [1.807, 2.05) is 26.0 Å². The van der Waals surface area contributed by atoms with Gasteiger partial charge < -0.3 is 14.5 Å². The Balaban J connectivity index is 2.00. The van der Waals surface area contributed by atoms with Gasteiger partial charge in [-0.25, -0.2) is 4.98 Å². The molecule has 0 aliphatic rings. The van der Waals surface area contributed by atoms with Crippen molar-refractivity contribution in [3.05, 3.63) is 52.8 Å². The maximum Gasteiger partial charge on any atom is 0.387 e. The van der Waals surface area contributed by atoms with E-state index in [0.29, 0.717) is 17.0 Å². The second-order valence-electron chi connectivity index (χ2n) is 6.00. The lowest BCUT2D eigenvalue weighted by Gasteiger charge is -2.10. The van der Waals surface area contributed by atoms with Gasteiger partial charge in [0.1, 0.15) is 11.9 Å². The van der Waals surface area contributed by atoms with Gasteiger partial charge in [0.05, 0.1) is 23.7 Å². The van der Waals surface area contributed by atoms with E-state index in [0.717, 1.165) is 22.2 Å². The number of H-pyrrole nitrogens is 1. The first-order valence-corrected chi connectivity index (χ1v) is 8.13. The van der Waals surface area contributed by atoms with Crippen molar-refractivity contribution in [3.8, 4) is 17.6 Å². The first-order valence-electron chi connectivity index (χ1n) is 8.13. The van der Waals surface area contributed by atoms with Crippen LogP contribution in [0.25, 0.3) is 22.7 Å². The molecule has 0 fully saturated rings. The number of benzene rings is 2. The van der Waals surface area contributed by atoms with Gasteiger partial charge in [0.2, 0.25) is 0 Å². The molecule has 0 bridgehead atoms. The summed E-state index contributed by atoms with van der Waals surface area (Å²) in [7, 11) is 1.36. The summed E-state index contributed by atoms with van der Waals surface area (Å²) >= 11 is 0. The predicted octanol–water partition coefficient (Wildman–Crippen LogP) is 4.85. The van der Waals surface area contributed by atoms with E-state index < -0.39 is 6.61 Å². The normalized spacial score (nSPS) is 11.7. The summed E-state index contributed by atoms with van der Waals surface area (Å²) in [4.78, 5) is 7.62. The van der Waals surface area contributed by atoms with Crippen LogP contribution in [-0.2, 0) is 0 Å². The second-order valence-corrected chi connectivity index (χ2v) is 6.00. The summed E-state index contributed by atoms with van der Waals surface area (Å²) in [5.41, 5.74) is 4.76. The molecule has 0 saturated heterocycles. The molecule has 0 unspecified atom stereocenters. The van der Waals surface area contributed by atoms with E-state index in [4.69, 9.17) is 4.74 Å². The fraction of sp³-hybridized carbons (Fsp3) is 0.200. The zero-order chi connectivity index (χ0) is 19.6. The number of nitrogens with zero attached hydrogens (tertiary/aromatic N) is 2. The van der Waals surface area contributed by atoms with Crippen molar-refractivity contribution in [2.45, 2.75) is 20.5 Å². The van der Waals surface area contributed by atoms with Gasteiger partial charge in [-0.3, -0.25) is 0 Å². The highest BCUT2D eigenvalue weighted by molar-refractivity contribution is 5.90. The Bertz CT molecular complexity index is 1030. The van der Waals surface area contributed by atoms with E-state index in [-0.39, 0.29) is 11.5 Å². The molecule has 2 aromatic carbocycles. The predicted molar refractivity (Wildman–Crippen MR) is 98.7 cm³/mol. The molecule has 1 N–H and O–H groups in total. The first kappa shape index (κ1) is 18.4. The molecule has 3 rings (SSSR count). The van der Waals surface area contributed by atoms with Crippen molar-refractivity contribution in [2.75, 3.05) is 7.11 Å².